The van der Waals surface area contributed by atoms with E-state index in [-0.39, 0.29) is 50.3 Å². The molecular formula is C29H29F7N6O2. The van der Waals surface area contributed by atoms with E-state index < -0.39 is 93.9 Å². The molecule has 1 aromatic carbocycles. The fraction of sp³-hybridized carbons (Fsp3) is 0.552. The van der Waals surface area contributed by atoms with Crippen LogP contribution >= 0.6 is 0 Å². The maximum Gasteiger partial charge on any atom is 0.418 e. The van der Waals surface area contributed by atoms with Crippen LogP contribution in [-0.4, -0.2) is 83.2 Å². The fourth-order valence-electron chi connectivity index (χ4n) is 6.97. The maximum atomic E-state index is 16.5. The first-order chi connectivity index (χ1) is 21.6. The van der Waals surface area contributed by atoms with Crippen molar-refractivity contribution in [2.24, 2.45) is 5.92 Å². The van der Waals surface area contributed by atoms with Crippen LogP contribution in [0.4, 0.5) is 42.4 Å². The van der Waals surface area contributed by atoms with E-state index in [1.54, 1.807) is 4.90 Å². The van der Waals surface area contributed by atoms with Crippen LogP contribution in [0.2, 0.25) is 0 Å². The molecule has 1 saturated carbocycles. The molecule has 15 heteroatoms. The predicted octanol–water partition coefficient (Wildman–Crippen LogP) is 5.01. The zero-order valence-electron chi connectivity index (χ0n) is 25.4. The summed E-state index contributed by atoms with van der Waals surface area (Å²) in [5, 5.41) is -0.314. The maximum absolute atomic E-state index is 16.5. The number of aromatic nitrogens is 3. The van der Waals surface area contributed by atoms with Gasteiger partial charge < -0.3 is 20.1 Å². The van der Waals surface area contributed by atoms with Crippen LogP contribution in [-0.2, 0) is 10.9 Å². The predicted molar refractivity (Wildman–Crippen MR) is 146 cm³/mol. The Morgan fingerprint density at radius 3 is 2.75 bits per heavy atom. The summed E-state index contributed by atoms with van der Waals surface area (Å²) in [6, 6.07) is 0.130. The summed E-state index contributed by atoms with van der Waals surface area (Å²) in [6.45, 7) is -0.902. The lowest BCUT2D eigenvalue weighted by atomic mass is 9.95. The number of hydrogen-bond donors (Lipinski definition) is 1. The van der Waals surface area contributed by atoms with Crippen LogP contribution in [0.5, 0.6) is 6.01 Å². The van der Waals surface area contributed by atoms with Gasteiger partial charge in [0.25, 0.3) is 0 Å². The summed E-state index contributed by atoms with van der Waals surface area (Å²) < 4.78 is 133. The molecule has 0 unspecified atom stereocenters. The van der Waals surface area contributed by atoms with E-state index in [1.165, 1.54) is 4.90 Å². The standard InChI is InChI=1S/C29H29F7N6O2/c1-13-7-18(37)38-24(20(13)29(34,35)36)19-17(31)8-15-23(22(19)33)39-27(44-12-28-3-2-4-41(28)10-14(30)9-28)40-26(15)42-5-6-43-11-16-21(32)25(16)42/h7-8,14,16,21,25H,2-6,9-12H2,1H3,(H2,37,38)/t14-,16+,21+,25+,28+/m1/s1/i12D2. The van der Waals surface area contributed by atoms with Crippen molar-refractivity contribution in [1.29, 1.82) is 0 Å². The van der Waals surface area contributed by atoms with Gasteiger partial charge in [0.15, 0.2) is 5.82 Å². The molecule has 5 atom stereocenters. The topological polar surface area (TPSA) is 89.6 Å². The highest BCUT2D eigenvalue weighted by Gasteiger charge is 2.56. The number of nitrogens with two attached hydrogens (primary N) is 1. The first-order valence-electron chi connectivity index (χ1n) is 15.2. The third-order valence-electron chi connectivity index (χ3n) is 8.98. The molecule has 44 heavy (non-hydrogen) atoms. The number of nitrogen functional groups attached to an aromatic ring is 1. The third kappa shape index (κ3) is 4.70. The van der Waals surface area contributed by atoms with E-state index in [0.717, 1.165) is 19.1 Å². The smallest absolute Gasteiger partial charge is 0.418 e. The van der Waals surface area contributed by atoms with Gasteiger partial charge >= 0.3 is 12.2 Å². The Kier molecular flexibility index (Phi) is 6.29. The van der Waals surface area contributed by atoms with Crippen LogP contribution in [0.3, 0.4) is 0 Å². The molecule has 0 bridgehead atoms. The Hall–Kier alpha value is -3.46. The number of benzene rings is 1. The van der Waals surface area contributed by atoms with E-state index in [9.17, 15) is 22.0 Å². The molecule has 236 valence electrons. The number of fused-ring (bicyclic) bond motifs is 3. The van der Waals surface area contributed by atoms with E-state index in [2.05, 4.69) is 15.0 Å². The van der Waals surface area contributed by atoms with E-state index >= 15 is 8.78 Å². The zero-order chi connectivity index (χ0) is 32.9. The van der Waals surface area contributed by atoms with Crippen molar-refractivity contribution >= 4 is 22.5 Å². The largest absolute Gasteiger partial charge is 0.461 e. The third-order valence-corrected chi connectivity index (χ3v) is 8.98. The summed E-state index contributed by atoms with van der Waals surface area (Å²) in [6.07, 6.45) is -7.11. The molecular weight excluding hydrogens is 597 g/mol. The van der Waals surface area contributed by atoms with E-state index in [0.29, 0.717) is 13.0 Å². The zero-order valence-corrected chi connectivity index (χ0v) is 23.4. The van der Waals surface area contributed by atoms with Crippen molar-refractivity contribution in [3.63, 3.8) is 0 Å². The summed E-state index contributed by atoms with van der Waals surface area (Å²) in [5.74, 6) is -4.20. The van der Waals surface area contributed by atoms with Gasteiger partial charge in [0, 0.05) is 30.8 Å². The second-order valence-electron chi connectivity index (χ2n) is 11.8. The molecule has 1 aliphatic carbocycles. The summed E-state index contributed by atoms with van der Waals surface area (Å²) >= 11 is 0. The van der Waals surface area contributed by atoms with Gasteiger partial charge in [-0.1, -0.05) is 0 Å². The number of hydrogen-bond acceptors (Lipinski definition) is 8. The second kappa shape index (κ2) is 10.3. The lowest BCUT2D eigenvalue weighted by Crippen LogP contribution is -2.43. The van der Waals surface area contributed by atoms with Gasteiger partial charge in [0.1, 0.15) is 41.9 Å². The first-order valence-corrected chi connectivity index (χ1v) is 14.2. The van der Waals surface area contributed by atoms with E-state index in [1.807, 2.05) is 0 Å². The van der Waals surface area contributed by atoms with Gasteiger partial charge in [0.05, 0.1) is 44.4 Å². The van der Waals surface area contributed by atoms with Crippen molar-refractivity contribution in [3.8, 4) is 17.3 Å². The Balaban J connectivity index is 1.43. The minimum Gasteiger partial charge on any atom is -0.461 e. The molecule has 4 aliphatic rings. The molecule has 4 fully saturated rings. The van der Waals surface area contributed by atoms with Gasteiger partial charge in [-0.2, -0.15) is 23.1 Å². The molecule has 0 amide bonds. The van der Waals surface area contributed by atoms with Gasteiger partial charge in [-0.25, -0.2) is 22.5 Å². The van der Waals surface area contributed by atoms with Crippen molar-refractivity contribution < 1.29 is 42.9 Å². The quantitative estimate of drug-likeness (QED) is 0.395. The van der Waals surface area contributed by atoms with Crippen molar-refractivity contribution in [2.75, 3.05) is 50.0 Å². The molecule has 3 aromatic rings. The molecule has 7 rings (SSSR count). The summed E-state index contributed by atoms with van der Waals surface area (Å²) in [5.41, 5.74) is -0.497. The van der Waals surface area contributed by atoms with Crippen LogP contribution in [0, 0.1) is 24.5 Å². The Bertz CT molecular complexity index is 1730. The Morgan fingerprint density at radius 1 is 1.18 bits per heavy atom. The second-order valence-corrected chi connectivity index (χ2v) is 11.8. The first kappa shape index (κ1) is 26.9. The highest BCUT2D eigenvalue weighted by atomic mass is 19.4. The number of halogens is 7. The SMILES string of the molecule is [2H]C([2H])(Oc1nc(N2CCOC[C@H]3[C@H](F)[C@H]32)c2cc(F)c(-c3nc(N)cc(C)c3C(F)(F)F)c(F)c2n1)[C@@]12CCCN1C[C@H](F)C2. The summed E-state index contributed by atoms with van der Waals surface area (Å²) in [7, 11) is 0. The molecule has 0 spiro atoms. The number of alkyl halides is 5. The lowest BCUT2D eigenvalue weighted by Gasteiger charge is -2.31. The number of ether oxygens (including phenoxy) is 2. The molecule has 0 radical (unpaired) electrons. The highest BCUT2D eigenvalue weighted by molar-refractivity contribution is 5.94. The van der Waals surface area contributed by atoms with Gasteiger partial charge in [-0.3, -0.25) is 4.90 Å². The van der Waals surface area contributed by atoms with Gasteiger partial charge in [-0.05, 0) is 44.0 Å². The number of anilines is 2. The minimum absolute atomic E-state index is 0.00708. The van der Waals surface area contributed by atoms with Crippen LogP contribution < -0.4 is 15.4 Å². The Morgan fingerprint density at radius 2 is 1.98 bits per heavy atom. The Labute approximate surface area is 250 Å². The average Bonchev–Trinajstić information content (AvgIpc) is 3.30. The van der Waals surface area contributed by atoms with Crippen molar-refractivity contribution in [3.05, 3.63) is 34.9 Å². The van der Waals surface area contributed by atoms with Crippen LogP contribution in [0.15, 0.2) is 12.1 Å². The van der Waals surface area contributed by atoms with Crippen molar-refractivity contribution in [1.82, 2.24) is 19.9 Å². The minimum atomic E-state index is -5.07. The molecule has 2 N–H and O–H groups in total. The summed E-state index contributed by atoms with van der Waals surface area (Å²) in [4.78, 5) is 15.1. The molecule has 3 saturated heterocycles. The molecule has 2 aromatic heterocycles. The lowest BCUT2D eigenvalue weighted by molar-refractivity contribution is -0.137. The van der Waals surface area contributed by atoms with E-state index in [4.69, 9.17) is 17.9 Å². The number of rotatable bonds is 5. The van der Waals surface area contributed by atoms with Crippen molar-refractivity contribution in [2.45, 2.75) is 56.3 Å². The monoisotopic (exact) mass is 628 g/mol. The fourth-order valence-corrected chi connectivity index (χ4v) is 6.97. The number of nitrogens with zero attached hydrogens (tertiary/aromatic N) is 5. The highest BCUT2D eigenvalue weighted by Crippen LogP contribution is 2.47. The number of pyridine rings is 1. The number of aryl methyl sites for hydroxylation is 1. The van der Waals surface area contributed by atoms with Crippen LogP contribution in [0.1, 0.15) is 33.1 Å². The molecule has 8 nitrogen and oxygen atoms in total. The normalized spacial score (nSPS) is 29.7. The molecule has 5 heterocycles. The average molecular weight is 629 g/mol. The molecule has 3 aliphatic heterocycles. The van der Waals surface area contributed by atoms with Gasteiger partial charge in [0.2, 0.25) is 0 Å². The van der Waals surface area contributed by atoms with Gasteiger partial charge in [-0.15, -0.1) is 0 Å². The van der Waals surface area contributed by atoms with Crippen LogP contribution in [0.25, 0.3) is 22.2 Å².